The lowest BCUT2D eigenvalue weighted by molar-refractivity contribution is -0.113. The fourth-order valence-corrected chi connectivity index (χ4v) is 2.06. The van der Waals surface area contributed by atoms with Gasteiger partial charge in [-0.05, 0) is 31.2 Å². The van der Waals surface area contributed by atoms with Gasteiger partial charge in [0, 0.05) is 33.3 Å². The molecule has 0 aliphatic carbocycles. The van der Waals surface area contributed by atoms with Gasteiger partial charge in [-0.2, -0.15) is 0 Å². The summed E-state index contributed by atoms with van der Waals surface area (Å²) in [6, 6.07) is 6.73. The molecule has 1 aromatic rings. The van der Waals surface area contributed by atoms with Crippen LogP contribution in [0.5, 0.6) is 0 Å². The van der Waals surface area contributed by atoms with E-state index < -0.39 is 10.8 Å². The van der Waals surface area contributed by atoms with Gasteiger partial charge in [-0.25, -0.2) is 0 Å². The summed E-state index contributed by atoms with van der Waals surface area (Å²) >= 11 is 5.72. The quantitative estimate of drug-likeness (QED) is 0.852. The first-order chi connectivity index (χ1) is 8.02. The number of nitrogens with one attached hydrogen (secondary N) is 1. The van der Waals surface area contributed by atoms with Gasteiger partial charge in [0.1, 0.15) is 5.75 Å². The average molecular weight is 275 g/mol. The Kier molecular flexibility index (Phi) is 5.61. The molecule has 0 fully saturated rings. The molecule has 2 unspecified atom stereocenters. The maximum Gasteiger partial charge on any atom is 0.237 e. The lowest BCUT2D eigenvalue weighted by Gasteiger charge is -2.09. The molecule has 17 heavy (non-hydrogen) atoms. The number of benzene rings is 1. The van der Waals surface area contributed by atoms with E-state index in [1.165, 1.54) is 0 Å². The van der Waals surface area contributed by atoms with Gasteiger partial charge >= 0.3 is 0 Å². The first-order valence-corrected chi connectivity index (χ1v) is 6.91. The number of nitrogens with two attached hydrogens (primary N) is 1. The van der Waals surface area contributed by atoms with Crippen LogP contribution in [0, 0.1) is 0 Å². The highest BCUT2D eigenvalue weighted by atomic mass is 35.5. The molecule has 0 aliphatic rings. The maximum absolute atomic E-state index is 11.6. The second kappa shape index (κ2) is 6.74. The molecule has 94 valence electrons. The molecule has 0 bridgehead atoms. The number of amides is 1. The van der Waals surface area contributed by atoms with Crippen molar-refractivity contribution in [2.24, 2.45) is 5.73 Å². The van der Waals surface area contributed by atoms with E-state index in [0.29, 0.717) is 17.3 Å². The van der Waals surface area contributed by atoms with Gasteiger partial charge in [0.05, 0.1) is 0 Å². The first kappa shape index (κ1) is 14.2. The van der Waals surface area contributed by atoms with E-state index in [4.69, 9.17) is 17.3 Å². The number of halogens is 1. The number of rotatable bonds is 5. The van der Waals surface area contributed by atoms with Crippen LogP contribution >= 0.6 is 11.6 Å². The lowest BCUT2D eigenvalue weighted by Crippen LogP contribution is -2.29. The van der Waals surface area contributed by atoms with Crippen LogP contribution in [0.3, 0.4) is 0 Å². The highest BCUT2D eigenvalue weighted by molar-refractivity contribution is 7.86. The molecule has 0 aromatic heterocycles. The average Bonchev–Trinajstić information content (AvgIpc) is 2.30. The second-order valence-electron chi connectivity index (χ2n) is 3.63. The molecule has 0 aliphatic heterocycles. The maximum atomic E-state index is 11.6. The normalized spacial score (nSPS) is 14.1. The highest BCUT2D eigenvalue weighted by Crippen LogP contribution is 2.13. The van der Waals surface area contributed by atoms with Gasteiger partial charge in [0.15, 0.2) is 0 Å². The van der Waals surface area contributed by atoms with Crippen molar-refractivity contribution in [1.29, 1.82) is 0 Å². The predicted octanol–water partition coefficient (Wildman–Crippen LogP) is 1.37. The summed E-state index contributed by atoms with van der Waals surface area (Å²) in [4.78, 5) is 11.6. The molecule has 1 rings (SSSR count). The van der Waals surface area contributed by atoms with Gasteiger partial charge < -0.3 is 11.1 Å². The number of anilines is 1. The van der Waals surface area contributed by atoms with E-state index in [2.05, 4.69) is 5.32 Å². The van der Waals surface area contributed by atoms with E-state index >= 15 is 0 Å². The van der Waals surface area contributed by atoms with Crippen LogP contribution in [-0.2, 0) is 15.6 Å². The summed E-state index contributed by atoms with van der Waals surface area (Å²) in [5.74, 6) is -0.327. The van der Waals surface area contributed by atoms with Gasteiger partial charge in [-0.15, -0.1) is 0 Å². The summed E-state index contributed by atoms with van der Waals surface area (Å²) in [5, 5.41) is 3.07. The standard InChI is InChI=1S/C11H15ClN2O2S/c1-8(6-13)17(16)7-11(15)14-10-4-2-9(12)3-5-10/h2-5,8H,6-7,13H2,1H3,(H,14,15). The number of hydrogen-bond donors (Lipinski definition) is 2. The van der Waals surface area contributed by atoms with E-state index in [1.54, 1.807) is 31.2 Å². The Balaban J connectivity index is 2.50. The summed E-state index contributed by atoms with van der Waals surface area (Å²) in [6.45, 7) is 2.06. The van der Waals surface area contributed by atoms with Gasteiger partial charge in [0.25, 0.3) is 0 Å². The van der Waals surface area contributed by atoms with Crippen molar-refractivity contribution in [3.05, 3.63) is 29.3 Å². The van der Waals surface area contributed by atoms with Crippen LogP contribution in [0.15, 0.2) is 24.3 Å². The Labute approximate surface area is 108 Å². The molecule has 0 radical (unpaired) electrons. The predicted molar refractivity (Wildman–Crippen MR) is 71.6 cm³/mol. The molecule has 1 amide bonds. The van der Waals surface area contributed by atoms with Crippen LogP contribution in [0.4, 0.5) is 5.69 Å². The molecule has 0 spiro atoms. The smallest absolute Gasteiger partial charge is 0.237 e. The van der Waals surface area contributed by atoms with Crippen molar-refractivity contribution >= 4 is 34.0 Å². The minimum absolute atomic E-state index is 0.0407. The van der Waals surface area contributed by atoms with Crippen molar-refractivity contribution < 1.29 is 9.00 Å². The van der Waals surface area contributed by atoms with Crippen LogP contribution in [-0.4, -0.2) is 27.7 Å². The van der Waals surface area contributed by atoms with Crippen LogP contribution in [0.2, 0.25) is 5.02 Å². The topological polar surface area (TPSA) is 72.2 Å². The minimum atomic E-state index is -1.24. The zero-order valence-corrected chi connectivity index (χ0v) is 11.1. The fraction of sp³-hybridized carbons (Fsp3) is 0.364. The Hall–Kier alpha value is -0.910. The summed E-state index contributed by atoms with van der Waals surface area (Å²) < 4.78 is 11.6. The monoisotopic (exact) mass is 274 g/mol. The largest absolute Gasteiger partial charge is 0.329 e. The fourth-order valence-electron chi connectivity index (χ4n) is 1.11. The van der Waals surface area contributed by atoms with E-state index in [0.717, 1.165) is 0 Å². The van der Waals surface area contributed by atoms with Crippen molar-refractivity contribution in [3.8, 4) is 0 Å². The molecular weight excluding hydrogens is 260 g/mol. The molecule has 6 heteroatoms. The van der Waals surface area contributed by atoms with E-state index in [1.807, 2.05) is 0 Å². The Bertz CT molecular complexity index is 408. The van der Waals surface area contributed by atoms with Crippen molar-refractivity contribution in [3.63, 3.8) is 0 Å². The van der Waals surface area contributed by atoms with Crippen LogP contribution in [0.25, 0.3) is 0 Å². The molecule has 3 N–H and O–H groups in total. The summed E-state index contributed by atoms with van der Waals surface area (Å²) in [5.41, 5.74) is 6.01. The number of hydrogen-bond acceptors (Lipinski definition) is 3. The third-order valence-electron chi connectivity index (χ3n) is 2.18. The molecule has 1 aromatic carbocycles. The molecule has 0 saturated carbocycles. The second-order valence-corrected chi connectivity index (χ2v) is 5.92. The Morgan fingerprint density at radius 2 is 2.06 bits per heavy atom. The van der Waals surface area contributed by atoms with Crippen molar-refractivity contribution in [1.82, 2.24) is 0 Å². The zero-order valence-electron chi connectivity index (χ0n) is 9.48. The molecule has 0 saturated heterocycles. The van der Waals surface area contributed by atoms with Crippen LogP contribution < -0.4 is 11.1 Å². The highest BCUT2D eigenvalue weighted by Gasteiger charge is 2.13. The number of carbonyl (C=O) groups is 1. The van der Waals surface area contributed by atoms with Crippen molar-refractivity contribution in [2.45, 2.75) is 12.2 Å². The molecular formula is C11H15ClN2O2S. The summed E-state index contributed by atoms with van der Waals surface area (Å²) in [7, 11) is -1.24. The van der Waals surface area contributed by atoms with E-state index in [-0.39, 0.29) is 16.9 Å². The summed E-state index contributed by atoms with van der Waals surface area (Å²) in [6.07, 6.45) is 0. The SMILES string of the molecule is CC(CN)S(=O)CC(=O)Nc1ccc(Cl)cc1. The van der Waals surface area contributed by atoms with Gasteiger partial charge in [-0.1, -0.05) is 11.6 Å². The van der Waals surface area contributed by atoms with Crippen molar-refractivity contribution in [2.75, 3.05) is 17.6 Å². The molecule has 2 atom stereocenters. The molecule has 0 heterocycles. The third kappa shape index (κ3) is 4.85. The van der Waals surface area contributed by atoms with Crippen LogP contribution in [0.1, 0.15) is 6.92 Å². The Morgan fingerprint density at radius 1 is 1.47 bits per heavy atom. The minimum Gasteiger partial charge on any atom is -0.329 e. The number of carbonyl (C=O) groups excluding carboxylic acids is 1. The van der Waals surface area contributed by atoms with Gasteiger partial charge in [-0.3, -0.25) is 9.00 Å². The Morgan fingerprint density at radius 3 is 2.59 bits per heavy atom. The first-order valence-electron chi connectivity index (χ1n) is 5.15. The zero-order chi connectivity index (χ0) is 12.8. The van der Waals surface area contributed by atoms with E-state index in [9.17, 15) is 9.00 Å². The van der Waals surface area contributed by atoms with Gasteiger partial charge in [0.2, 0.25) is 5.91 Å². The molecule has 4 nitrogen and oxygen atoms in total. The third-order valence-corrected chi connectivity index (χ3v) is 4.07. The lowest BCUT2D eigenvalue weighted by atomic mass is 10.3.